The fraction of sp³-hybridized carbons (Fsp3) is 0.350. The van der Waals surface area contributed by atoms with E-state index in [-0.39, 0.29) is 17.8 Å². The Morgan fingerprint density at radius 2 is 2.04 bits per heavy atom. The first-order valence-electron chi connectivity index (χ1n) is 8.64. The minimum Gasteiger partial charge on any atom is -0.476 e. The topological polar surface area (TPSA) is 41.6 Å². The molecule has 2 aromatic rings. The number of halogens is 2. The van der Waals surface area contributed by atoms with Gasteiger partial charge in [-0.2, -0.15) is 0 Å². The van der Waals surface area contributed by atoms with Crippen LogP contribution in [0.15, 0.2) is 42.5 Å². The molecule has 1 aliphatic heterocycles. The largest absolute Gasteiger partial charge is 0.476 e. The summed E-state index contributed by atoms with van der Waals surface area (Å²) in [6, 6.07) is 12.6. The molecule has 4 nitrogen and oxygen atoms in total. The Balaban J connectivity index is 1.90. The van der Waals surface area contributed by atoms with Crippen LogP contribution in [0.5, 0.6) is 5.75 Å². The van der Waals surface area contributed by atoms with E-state index in [4.69, 9.17) is 4.74 Å². The smallest absolute Gasteiger partial charge is 0.268 e. The Morgan fingerprint density at radius 1 is 1.31 bits per heavy atom. The molecule has 0 aliphatic carbocycles. The van der Waals surface area contributed by atoms with Gasteiger partial charge in [0.05, 0.1) is 0 Å². The average molecular weight is 468 g/mol. The molecule has 2 atom stereocenters. The van der Waals surface area contributed by atoms with Gasteiger partial charge in [0.25, 0.3) is 5.91 Å². The predicted molar refractivity (Wildman–Crippen MR) is 108 cm³/mol. The summed E-state index contributed by atoms with van der Waals surface area (Å²) < 4.78 is 21.2. The number of carbonyl (C=O) groups excluding carboxylic acids is 1. The normalized spacial score (nSPS) is 18.5. The number of aryl methyl sites for hydroxylation is 1. The molecule has 0 aromatic heterocycles. The molecule has 0 unspecified atom stereocenters. The summed E-state index contributed by atoms with van der Waals surface area (Å²) in [5.74, 6) is 0.119. The quantitative estimate of drug-likeness (QED) is 0.697. The molecule has 1 aliphatic rings. The highest BCUT2D eigenvalue weighted by Crippen LogP contribution is 2.26. The molecular formula is C20H22FIN2O2. The van der Waals surface area contributed by atoms with E-state index in [0.717, 1.165) is 10.1 Å². The maximum Gasteiger partial charge on any atom is 0.268 e. The second kappa shape index (κ2) is 8.35. The number of rotatable bonds is 4. The number of nitrogens with one attached hydrogen (secondary N) is 1. The molecule has 1 fully saturated rings. The van der Waals surface area contributed by atoms with Crippen LogP contribution in [-0.4, -0.2) is 36.5 Å². The van der Waals surface area contributed by atoms with Gasteiger partial charge in [-0.25, -0.2) is 4.39 Å². The van der Waals surface area contributed by atoms with E-state index >= 15 is 0 Å². The molecule has 1 amide bonds. The highest BCUT2D eigenvalue weighted by molar-refractivity contribution is 14.1. The standard InChI is InChI=1S/C20H22FIN2O2/c1-13-3-4-15(11-18(13)21)19(26-17-7-5-16(22)6-8-17)20(25)24-10-9-23-14(2)12-24/h3-8,11,14,19,23H,9-10,12H2,1-2H3/t14-,19-/m1/s1. The van der Waals surface area contributed by atoms with Crippen molar-refractivity contribution in [2.45, 2.75) is 26.0 Å². The monoisotopic (exact) mass is 468 g/mol. The molecule has 0 saturated carbocycles. The van der Waals surface area contributed by atoms with Crippen LogP contribution in [0.25, 0.3) is 0 Å². The number of carbonyl (C=O) groups is 1. The summed E-state index contributed by atoms with van der Waals surface area (Å²) in [5, 5.41) is 3.32. The molecule has 3 rings (SSSR count). The van der Waals surface area contributed by atoms with Crippen LogP contribution < -0.4 is 10.1 Å². The fourth-order valence-corrected chi connectivity index (χ4v) is 3.34. The van der Waals surface area contributed by atoms with E-state index in [2.05, 4.69) is 27.9 Å². The van der Waals surface area contributed by atoms with Crippen LogP contribution in [0, 0.1) is 16.3 Å². The Hall–Kier alpha value is -1.67. The van der Waals surface area contributed by atoms with E-state index in [1.807, 2.05) is 31.2 Å². The van der Waals surface area contributed by atoms with Crippen LogP contribution in [0.4, 0.5) is 4.39 Å². The van der Waals surface area contributed by atoms with Crippen molar-refractivity contribution in [2.24, 2.45) is 0 Å². The number of benzene rings is 2. The van der Waals surface area contributed by atoms with Gasteiger partial charge >= 0.3 is 0 Å². The Bertz CT molecular complexity index is 782. The summed E-state index contributed by atoms with van der Waals surface area (Å²) in [4.78, 5) is 14.9. The molecule has 2 aromatic carbocycles. The lowest BCUT2D eigenvalue weighted by Gasteiger charge is -2.34. The van der Waals surface area contributed by atoms with Gasteiger partial charge in [0.2, 0.25) is 6.10 Å². The Morgan fingerprint density at radius 3 is 2.69 bits per heavy atom. The van der Waals surface area contributed by atoms with Crippen molar-refractivity contribution in [3.8, 4) is 5.75 Å². The number of hydrogen-bond donors (Lipinski definition) is 1. The molecule has 0 bridgehead atoms. The summed E-state index contributed by atoms with van der Waals surface area (Å²) in [6.45, 7) is 5.71. The van der Waals surface area contributed by atoms with Gasteiger partial charge in [-0.3, -0.25) is 4.79 Å². The van der Waals surface area contributed by atoms with Gasteiger partial charge in [-0.15, -0.1) is 0 Å². The van der Waals surface area contributed by atoms with Crippen LogP contribution in [0.3, 0.4) is 0 Å². The average Bonchev–Trinajstić information content (AvgIpc) is 2.63. The van der Waals surface area contributed by atoms with Crippen molar-refractivity contribution in [1.29, 1.82) is 0 Å². The summed E-state index contributed by atoms with van der Waals surface area (Å²) in [7, 11) is 0. The van der Waals surface area contributed by atoms with Crippen LogP contribution in [-0.2, 0) is 4.79 Å². The maximum absolute atomic E-state index is 14.1. The van der Waals surface area contributed by atoms with Gasteiger partial charge < -0.3 is 15.0 Å². The molecule has 1 heterocycles. The minimum absolute atomic E-state index is 0.139. The molecule has 6 heteroatoms. The van der Waals surface area contributed by atoms with Gasteiger partial charge in [0.15, 0.2) is 0 Å². The van der Waals surface area contributed by atoms with Crippen LogP contribution >= 0.6 is 22.6 Å². The molecule has 0 spiro atoms. The highest BCUT2D eigenvalue weighted by Gasteiger charge is 2.30. The van der Waals surface area contributed by atoms with E-state index in [9.17, 15) is 9.18 Å². The summed E-state index contributed by atoms with van der Waals surface area (Å²) >= 11 is 2.21. The zero-order chi connectivity index (χ0) is 18.7. The van der Waals surface area contributed by atoms with Crippen molar-refractivity contribution in [2.75, 3.05) is 19.6 Å². The van der Waals surface area contributed by atoms with Crippen molar-refractivity contribution in [1.82, 2.24) is 10.2 Å². The van der Waals surface area contributed by atoms with Crippen LogP contribution in [0.1, 0.15) is 24.2 Å². The van der Waals surface area contributed by atoms with E-state index < -0.39 is 6.10 Å². The first-order chi connectivity index (χ1) is 12.4. The third-order valence-electron chi connectivity index (χ3n) is 4.47. The van der Waals surface area contributed by atoms with Gasteiger partial charge in [0.1, 0.15) is 11.6 Å². The zero-order valence-electron chi connectivity index (χ0n) is 14.8. The van der Waals surface area contributed by atoms with Gasteiger partial charge in [-0.05, 0) is 72.3 Å². The Kier molecular flexibility index (Phi) is 6.13. The highest BCUT2D eigenvalue weighted by atomic mass is 127. The number of nitrogens with zero attached hydrogens (tertiary/aromatic N) is 1. The lowest BCUT2D eigenvalue weighted by Crippen LogP contribution is -2.53. The number of amides is 1. The molecule has 26 heavy (non-hydrogen) atoms. The maximum atomic E-state index is 14.1. The van der Waals surface area contributed by atoms with Gasteiger partial charge in [-0.1, -0.05) is 12.1 Å². The van der Waals surface area contributed by atoms with Crippen molar-refractivity contribution in [3.05, 3.63) is 63.0 Å². The third-order valence-corrected chi connectivity index (χ3v) is 5.19. The van der Waals surface area contributed by atoms with E-state index in [1.165, 1.54) is 6.07 Å². The van der Waals surface area contributed by atoms with Crippen molar-refractivity contribution in [3.63, 3.8) is 0 Å². The molecule has 1 N–H and O–H groups in total. The van der Waals surface area contributed by atoms with Crippen molar-refractivity contribution >= 4 is 28.5 Å². The second-order valence-electron chi connectivity index (χ2n) is 6.60. The van der Waals surface area contributed by atoms with Crippen molar-refractivity contribution < 1.29 is 13.9 Å². The Labute approximate surface area is 166 Å². The molecular weight excluding hydrogens is 446 g/mol. The number of piperazine rings is 1. The second-order valence-corrected chi connectivity index (χ2v) is 7.85. The minimum atomic E-state index is -0.865. The fourth-order valence-electron chi connectivity index (χ4n) is 2.98. The van der Waals surface area contributed by atoms with Crippen LogP contribution in [0.2, 0.25) is 0 Å². The number of hydrogen-bond acceptors (Lipinski definition) is 3. The SMILES string of the molecule is Cc1ccc([C@@H](Oc2ccc(I)cc2)C(=O)N2CCN[C@H](C)C2)cc1F. The first-order valence-corrected chi connectivity index (χ1v) is 9.72. The lowest BCUT2D eigenvalue weighted by atomic mass is 10.0. The zero-order valence-corrected chi connectivity index (χ0v) is 17.0. The summed E-state index contributed by atoms with van der Waals surface area (Å²) in [5.41, 5.74) is 1.08. The molecule has 138 valence electrons. The van der Waals surface area contributed by atoms with Gasteiger partial charge in [0, 0.05) is 34.8 Å². The molecule has 0 radical (unpaired) electrons. The summed E-state index contributed by atoms with van der Waals surface area (Å²) in [6.07, 6.45) is -0.865. The number of ether oxygens (including phenoxy) is 1. The third kappa shape index (κ3) is 4.54. The first kappa shape index (κ1) is 19.1. The predicted octanol–water partition coefficient (Wildman–Crippen LogP) is 3.68. The lowest BCUT2D eigenvalue weighted by molar-refractivity contribution is -0.140. The van der Waals surface area contributed by atoms with E-state index in [1.54, 1.807) is 24.0 Å². The van der Waals surface area contributed by atoms with E-state index in [0.29, 0.717) is 30.0 Å². The molecule has 1 saturated heterocycles.